The summed E-state index contributed by atoms with van der Waals surface area (Å²) in [6.45, 7) is 10.5. The molecule has 0 N–H and O–H groups in total. The normalized spacial score (nSPS) is 4.67. The third kappa shape index (κ3) is 0. The van der Waals surface area contributed by atoms with Crippen molar-refractivity contribution in [3.8, 4) is 0 Å². The first kappa shape index (κ1) is 36.0. The largest absolute Gasteiger partial charge is 0.0776 e. The molecule has 0 aromatic rings. The molecule has 0 unspecified atom stereocenters. The molecule has 0 saturated heterocycles. The van der Waals surface area contributed by atoms with Crippen LogP contribution in [0.5, 0.6) is 0 Å². The van der Waals surface area contributed by atoms with Gasteiger partial charge in [-0.1, -0.05) is 56.9 Å². The Morgan fingerprint density at radius 2 is 0.667 bits per heavy atom. The topological polar surface area (TPSA) is 0 Å². The lowest BCUT2D eigenvalue weighted by molar-refractivity contribution is 0.737. The highest BCUT2D eigenvalue weighted by Gasteiger charge is 1.68. The van der Waals surface area contributed by atoms with E-state index in [1.54, 1.807) is 0 Å². The summed E-state index contributed by atoms with van der Waals surface area (Å²) in [5, 5.41) is 0. The molecule has 0 aliphatic carbocycles. The Morgan fingerprint density at radius 3 is 0.667 bits per heavy atom. The van der Waals surface area contributed by atoms with Crippen LogP contribution in [-0.2, 0) is 0 Å². The molecule has 0 heterocycles. The lowest BCUT2D eigenvalue weighted by atomic mass is 10.3. The van der Waals surface area contributed by atoms with Crippen LogP contribution in [-0.4, -0.2) is 0 Å². The Morgan fingerprint density at radius 1 is 0.667 bits per heavy atom. The zero-order valence-corrected chi connectivity index (χ0v) is 5.58. The molecule has 0 amide bonds. The summed E-state index contributed by atoms with van der Waals surface area (Å²) in [5.41, 5.74) is 0. The van der Waals surface area contributed by atoms with E-state index in [4.69, 9.17) is 0 Å². The first-order chi connectivity index (χ1) is 2.73. The average molecular weight is 136 g/mol. The molecule has 0 rings (SSSR count). The van der Waals surface area contributed by atoms with Crippen molar-refractivity contribution in [2.75, 3.05) is 0 Å². The second-order valence-corrected chi connectivity index (χ2v) is 1.73. The summed E-state index contributed by atoms with van der Waals surface area (Å²) in [6.07, 6.45) is 0. The van der Waals surface area contributed by atoms with Gasteiger partial charge in [0.1, 0.15) is 0 Å². The van der Waals surface area contributed by atoms with Crippen LogP contribution in [0.4, 0.5) is 0 Å². The maximum Gasteiger partial charge on any atom is -0.0500 e. The minimum atomic E-state index is 0. The zero-order valence-electron chi connectivity index (χ0n) is 5.58. The Balaban J connectivity index is -0.00000000990. The first-order valence-corrected chi connectivity index (χ1v) is 2.73. The van der Waals surface area contributed by atoms with Crippen molar-refractivity contribution < 1.29 is 0 Å². The molecule has 0 aromatic heterocycles. The number of rotatable bonds is 0. The van der Waals surface area contributed by atoms with Crippen LogP contribution in [0.1, 0.15) is 56.9 Å². The summed E-state index contributed by atoms with van der Waals surface area (Å²) in [5.74, 6) is 0.833. The van der Waals surface area contributed by atoms with Gasteiger partial charge in [-0.05, 0) is 5.92 Å². The van der Waals surface area contributed by atoms with Crippen LogP contribution in [0.15, 0.2) is 0 Å². The molecule has 0 heteroatoms. The van der Waals surface area contributed by atoms with Gasteiger partial charge in [0, 0.05) is 0 Å². The lowest BCUT2D eigenvalue weighted by Gasteiger charge is -1.79. The predicted molar refractivity (Wildman–Crippen MR) is 52.1 cm³/mol. The van der Waals surface area contributed by atoms with Crippen LogP contribution < -0.4 is 0 Å². The summed E-state index contributed by atoms with van der Waals surface area (Å²) in [4.78, 5) is 0. The summed E-state index contributed by atoms with van der Waals surface area (Å²) in [6, 6.07) is 0. The van der Waals surface area contributed by atoms with E-state index in [0.29, 0.717) is 0 Å². The summed E-state index contributed by atoms with van der Waals surface area (Å²) in [7, 11) is 0. The molecule has 9 heavy (non-hydrogen) atoms. The quantitative estimate of drug-likeness (QED) is 0.456. The van der Waals surface area contributed by atoms with Crippen LogP contribution in [0, 0.1) is 5.92 Å². The number of hydrogen-bond donors (Lipinski definition) is 0. The maximum atomic E-state index is 2.17. The van der Waals surface area contributed by atoms with Gasteiger partial charge in [-0.2, -0.15) is 0 Å². The van der Waals surface area contributed by atoms with Crippen LogP contribution in [0.2, 0.25) is 0 Å². The van der Waals surface area contributed by atoms with Crippen molar-refractivity contribution in [1.29, 1.82) is 0 Å². The lowest BCUT2D eigenvalue weighted by Crippen LogP contribution is -1.66. The Labute approximate surface area is 63.7 Å². The van der Waals surface area contributed by atoms with Crippen LogP contribution in [0.3, 0.4) is 0 Å². The fourth-order valence-electron chi connectivity index (χ4n) is 0. The Kier molecular flexibility index (Phi) is 174. The fraction of sp³-hybridized carbons (Fsp3) is 1.00. The molecule has 0 nitrogen and oxygen atoms in total. The third-order valence-corrected chi connectivity index (χ3v) is 0. The van der Waals surface area contributed by atoms with E-state index >= 15 is 0 Å². The standard InChI is InChI=1S/C4H10.C2H6.3CH4/c1-4(2)3;1-2;;;/h4H,1-3H3;1-2H3;3*1H4. The highest BCUT2D eigenvalue weighted by molar-refractivity contribution is 4.20. The van der Waals surface area contributed by atoms with E-state index in [9.17, 15) is 0 Å². The van der Waals surface area contributed by atoms with Crippen molar-refractivity contribution in [2.24, 2.45) is 5.92 Å². The van der Waals surface area contributed by atoms with Crippen molar-refractivity contribution >= 4 is 0 Å². The van der Waals surface area contributed by atoms with Crippen molar-refractivity contribution in [3.05, 3.63) is 0 Å². The molecule has 0 fully saturated rings. The monoisotopic (exact) mass is 136 g/mol. The van der Waals surface area contributed by atoms with Crippen molar-refractivity contribution in [1.82, 2.24) is 0 Å². The van der Waals surface area contributed by atoms with Gasteiger partial charge in [0.15, 0.2) is 0 Å². The minimum absolute atomic E-state index is 0. The SMILES string of the molecule is C.C.C.CC.CC(C)C. The highest BCUT2D eigenvalue weighted by atomic mass is 13.7. The molecule has 0 spiro atoms. The summed E-state index contributed by atoms with van der Waals surface area (Å²) >= 11 is 0. The molecular formula is C9H28. The van der Waals surface area contributed by atoms with E-state index in [1.807, 2.05) is 13.8 Å². The molecule has 0 aliphatic heterocycles. The third-order valence-electron chi connectivity index (χ3n) is 0. The van der Waals surface area contributed by atoms with Gasteiger partial charge in [0.25, 0.3) is 0 Å². The molecule has 64 valence electrons. The van der Waals surface area contributed by atoms with Gasteiger partial charge in [-0.3, -0.25) is 0 Å². The van der Waals surface area contributed by atoms with Gasteiger partial charge in [-0.25, -0.2) is 0 Å². The highest BCUT2D eigenvalue weighted by Crippen LogP contribution is 1.81. The first-order valence-electron chi connectivity index (χ1n) is 2.73. The van der Waals surface area contributed by atoms with Crippen LogP contribution in [0.25, 0.3) is 0 Å². The van der Waals surface area contributed by atoms with Crippen molar-refractivity contribution in [3.63, 3.8) is 0 Å². The van der Waals surface area contributed by atoms with E-state index in [0.717, 1.165) is 5.92 Å². The van der Waals surface area contributed by atoms with Gasteiger partial charge in [-0.15, -0.1) is 0 Å². The molecule has 0 atom stereocenters. The molecule has 0 radical (unpaired) electrons. The molecular weight excluding hydrogens is 108 g/mol. The second-order valence-electron chi connectivity index (χ2n) is 1.73. The summed E-state index contributed by atoms with van der Waals surface area (Å²) < 4.78 is 0. The zero-order chi connectivity index (χ0) is 5.58. The second kappa shape index (κ2) is 43.6. The Bertz CT molecular complexity index is 4.75. The van der Waals surface area contributed by atoms with Crippen molar-refractivity contribution in [2.45, 2.75) is 56.9 Å². The van der Waals surface area contributed by atoms with Gasteiger partial charge >= 0.3 is 0 Å². The van der Waals surface area contributed by atoms with E-state index in [-0.39, 0.29) is 22.3 Å². The van der Waals surface area contributed by atoms with Gasteiger partial charge in [0.05, 0.1) is 0 Å². The molecule has 0 aromatic carbocycles. The van der Waals surface area contributed by atoms with E-state index < -0.39 is 0 Å². The van der Waals surface area contributed by atoms with Crippen LogP contribution >= 0.6 is 0 Å². The molecule has 0 bridgehead atoms. The Hall–Kier alpha value is 0. The average Bonchev–Trinajstić information content (AvgIpc) is 1.41. The molecule has 0 aliphatic rings. The number of hydrogen-bond acceptors (Lipinski definition) is 0. The van der Waals surface area contributed by atoms with Gasteiger partial charge in [0.2, 0.25) is 0 Å². The van der Waals surface area contributed by atoms with E-state index in [1.165, 1.54) is 0 Å². The fourth-order valence-corrected chi connectivity index (χ4v) is 0. The van der Waals surface area contributed by atoms with Gasteiger partial charge < -0.3 is 0 Å². The van der Waals surface area contributed by atoms with E-state index in [2.05, 4.69) is 20.8 Å². The maximum absolute atomic E-state index is 2.17. The minimum Gasteiger partial charge on any atom is -0.0776 e. The smallest absolute Gasteiger partial charge is 0.0500 e. The molecule has 0 saturated carbocycles. The predicted octanol–water partition coefficient (Wildman–Crippen LogP) is 4.60.